The van der Waals surface area contributed by atoms with Gasteiger partial charge in [-0.2, -0.15) is 0 Å². The number of esters is 1. The average molecular weight is 587 g/mol. The molecular weight excluding hydrogens is 556 g/mol. The van der Waals surface area contributed by atoms with E-state index >= 15 is 0 Å². The molecular formula is C36H30N2O6. The lowest BCUT2D eigenvalue weighted by atomic mass is 9.82. The molecule has 0 spiro atoms. The molecule has 0 radical (unpaired) electrons. The van der Waals surface area contributed by atoms with E-state index in [9.17, 15) is 19.2 Å². The van der Waals surface area contributed by atoms with Crippen LogP contribution in [0.25, 0.3) is 22.2 Å². The molecule has 1 aromatic heterocycles. The molecule has 2 fully saturated rings. The van der Waals surface area contributed by atoms with Gasteiger partial charge in [-0.3, -0.25) is 19.3 Å². The molecule has 8 nitrogen and oxygen atoms in total. The van der Waals surface area contributed by atoms with Crippen molar-refractivity contribution in [1.82, 2.24) is 4.98 Å². The number of carbonyl (C=O) groups excluding carboxylic acids is 4. The summed E-state index contributed by atoms with van der Waals surface area (Å²) < 4.78 is 10.6. The Morgan fingerprint density at radius 1 is 0.932 bits per heavy atom. The van der Waals surface area contributed by atoms with Gasteiger partial charge in [0, 0.05) is 16.5 Å². The van der Waals surface area contributed by atoms with E-state index in [-0.39, 0.29) is 46.8 Å². The van der Waals surface area contributed by atoms with Crippen LogP contribution in [0.3, 0.4) is 0 Å². The van der Waals surface area contributed by atoms with Gasteiger partial charge in [-0.15, -0.1) is 0 Å². The van der Waals surface area contributed by atoms with Crippen LogP contribution in [0.5, 0.6) is 5.75 Å². The first kappa shape index (κ1) is 27.7. The van der Waals surface area contributed by atoms with Gasteiger partial charge in [0.05, 0.1) is 41.4 Å². The summed E-state index contributed by atoms with van der Waals surface area (Å²) in [4.78, 5) is 59.0. The molecule has 4 unspecified atom stereocenters. The third-order valence-electron chi connectivity index (χ3n) is 9.31. The molecule has 2 heterocycles. The molecule has 4 aromatic rings. The number of pyridine rings is 1. The average Bonchev–Trinajstić information content (AvgIpc) is 3.69. The predicted octanol–water partition coefficient (Wildman–Crippen LogP) is 5.96. The monoisotopic (exact) mass is 586 g/mol. The highest BCUT2D eigenvalue weighted by Crippen LogP contribution is 2.56. The minimum atomic E-state index is -0.638. The Morgan fingerprint density at radius 3 is 2.39 bits per heavy atom. The van der Waals surface area contributed by atoms with E-state index in [0.29, 0.717) is 39.2 Å². The second kappa shape index (κ2) is 10.6. The van der Waals surface area contributed by atoms with Crippen LogP contribution in [0.1, 0.15) is 39.6 Å². The van der Waals surface area contributed by atoms with Gasteiger partial charge >= 0.3 is 5.97 Å². The van der Waals surface area contributed by atoms with Gasteiger partial charge < -0.3 is 9.47 Å². The maximum absolute atomic E-state index is 13.4. The van der Waals surface area contributed by atoms with Crippen LogP contribution in [-0.2, 0) is 14.3 Å². The van der Waals surface area contributed by atoms with Crippen molar-refractivity contribution in [3.8, 4) is 17.0 Å². The normalized spacial score (nSPS) is 21.9. The van der Waals surface area contributed by atoms with Crippen molar-refractivity contribution in [2.45, 2.75) is 20.3 Å². The minimum absolute atomic E-state index is 0.124. The number of hydrogen-bond acceptors (Lipinski definition) is 7. The Kier molecular flexibility index (Phi) is 6.65. The van der Waals surface area contributed by atoms with Crippen molar-refractivity contribution in [2.24, 2.45) is 23.7 Å². The molecule has 7 rings (SSSR count). The Bertz CT molecular complexity index is 1890. The number of fused-ring (bicyclic) bond motifs is 6. The maximum atomic E-state index is 13.4. The van der Waals surface area contributed by atoms with Gasteiger partial charge in [-0.25, -0.2) is 9.78 Å². The van der Waals surface area contributed by atoms with Crippen molar-refractivity contribution in [1.29, 1.82) is 0 Å². The van der Waals surface area contributed by atoms with Crippen molar-refractivity contribution >= 4 is 40.2 Å². The lowest BCUT2D eigenvalue weighted by Crippen LogP contribution is -2.32. The zero-order chi connectivity index (χ0) is 30.7. The number of anilines is 1. The molecule has 2 aliphatic carbocycles. The number of ether oxygens (including phenoxy) is 2. The number of allylic oxidation sites excluding steroid dienone is 2. The topological polar surface area (TPSA) is 103 Å². The van der Waals surface area contributed by atoms with Crippen molar-refractivity contribution < 1.29 is 28.7 Å². The number of nitrogens with zero attached hydrogens (tertiary/aromatic N) is 2. The second-order valence-electron chi connectivity index (χ2n) is 11.8. The first-order valence-corrected chi connectivity index (χ1v) is 14.7. The van der Waals surface area contributed by atoms with Gasteiger partial charge in [-0.05, 0) is 80.1 Å². The molecule has 220 valence electrons. The highest BCUT2D eigenvalue weighted by molar-refractivity contribution is 6.23. The number of rotatable bonds is 7. The Balaban J connectivity index is 1.15. The predicted molar refractivity (Wildman–Crippen MR) is 164 cm³/mol. The third kappa shape index (κ3) is 4.40. The summed E-state index contributed by atoms with van der Waals surface area (Å²) in [5.74, 6) is -0.849. The summed E-state index contributed by atoms with van der Waals surface area (Å²) >= 11 is 0. The van der Waals surface area contributed by atoms with Crippen LogP contribution in [0, 0.1) is 30.6 Å². The highest BCUT2D eigenvalue weighted by atomic mass is 16.5. The summed E-state index contributed by atoms with van der Waals surface area (Å²) in [5, 5.41) is 0.616. The number of methoxy groups -OCH3 is 1. The second-order valence-corrected chi connectivity index (χ2v) is 11.8. The Hall–Kier alpha value is -5.11. The largest absolute Gasteiger partial charge is 0.497 e. The van der Waals surface area contributed by atoms with Crippen LogP contribution in [0.2, 0.25) is 0 Å². The summed E-state index contributed by atoms with van der Waals surface area (Å²) in [5.41, 5.74) is 5.19. The summed E-state index contributed by atoms with van der Waals surface area (Å²) in [6.45, 7) is 3.55. The zero-order valence-corrected chi connectivity index (χ0v) is 24.6. The van der Waals surface area contributed by atoms with Crippen LogP contribution in [0.15, 0.2) is 84.4 Å². The van der Waals surface area contributed by atoms with Crippen LogP contribution in [-0.4, -0.2) is 42.3 Å². The van der Waals surface area contributed by atoms with E-state index in [1.54, 1.807) is 67.8 Å². The molecule has 1 saturated heterocycles. The SMILES string of the molecule is COc1ccc(C(=O)COC(=O)c2cc(-c3ccc(N4C(=O)C5C6C=C(C)C(C6)C5C4=O)cc3)nc3c(C)cccc23)cc1. The molecule has 2 bridgehead atoms. The number of benzene rings is 3. The molecule has 3 aliphatic rings. The molecule has 4 atom stereocenters. The minimum Gasteiger partial charge on any atom is -0.497 e. The third-order valence-corrected chi connectivity index (χ3v) is 9.31. The lowest BCUT2D eigenvalue weighted by Gasteiger charge is -2.19. The number of ketones is 1. The molecule has 8 heteroatoms. The number of Topliss-reactive ketones (excluding diaryl/α,β-unsaturated/α-hetero) is 1. The van der Waals surface area contributed by atoms with E-state index in [2.05, 4.69) is 13.0 Å². The Morgan fingerprint density at radius 2 is 1.66 bits per heavy atom. The Labute approximate surface area is 254 Å². The zero-order valence-electron chi connectivity index (χ0n) is 24.6. The first-order chi connectivity index (χ1) is 21.2. The van der Waals surface area contributed by atoms with Crippen molar-refractivity contribution in [3.63, 3.8) is 0 Å². The molecule has 44 heavy (non-hydrogen) atoms. The van der Waals surface area contributed by atoms with Gasteiger partial charge in [-0.1, -0.05) is 42.0 Å². The van der Waals surface area contributed by atoms with Crippen LogP contribution in [0.4, 0.5) is 5.69 Å². The smallest absolute Gasteiger partial charge is 0.339 e. The number of aryl methyl sites for hydroxylation is 1. The van der Waals surface area contributed by atoms with Crippen molar-refractivity contribution in [2.75, 3.05) is 18.6 Å². The molecule has 1 aliphatic heterocycles. The van der Waals surface area contributed by atoms with E-state index in [1.807, 2.05) is 19.1 Å². The number of aromatic nitrogens is 1. The van der Waals surface area contributed by atoms with Crippen LogP contribution < -0.4 is 9.64 Å². The number of amides is 2. The molecule has 3 aromatic carbocycles. The number of imide groups is 1. The number of carbonyl (C=O) groups is 4. The first-order valence-electron chi connectivity index (χ1n) is 14.7. The van der Waals surface area contributed by atoms with E-state index in [0.717, 1.165) is 12.0 Å². The molecule has 2 amide bonds. The quantitative estimate of drug-likeness (QED) is 0.114. The van der Waals surface area contributed by atoms with Crippen LogP contribution >= 0.6 is 0 Å². The fraction of sp³-hybridized carbons (Fsp3) is 0.250. The maximum Gasteiger partial charge on any atom is 0.339 e. The number of hydrogen-bond donors (Lipinski definition) is 0. The lowest BCUT2D eigenvalue weighted by molar-refractivity contribution is -0.123. The fourth-order valence-corrected chi connectivity index (χ4v) is 7.09. The molecule has 0 N–H and O–H groups in total. The van der Waals surface area contributed by atoms with E-state index in [1.165, 1.54) is 10.5 Å². The van der Waals surface area contributed by atoms with E-state index < -0.39 is 12.6 Å². The number of para-hydroxylation sites is 1. The van der Waals surface area contributed by atoms with Gasteiger partial charge in [0.2, 0.25) is 11.8 Å². The standard InChI is InChI=1S/C36H30N2O6/c1-19-5-4-6-26-28(36(42)44-18-30(39)22-9-13-25(43-3)14-10-22)17-29(37-33(19)26)21-7-11-24(12-8-21)38-34(40)31-23-15-20(2)27(16-23)32(31)35(38)41/h4-15,17,23,27,31-32H,16,18H2,1-3H3. The summed E-state index contributed by atoms with van der Waals surface area (Å²) in [6.07, 6.45) is 3.05. The summed E-state index contributed by atoms with van der Waals surface area (Å²) in [7, 11) is 1.54. The summed E-state index contributed by atoms with van der Waals surface area (Å²) in [6, 6.07) is 20.9. The van der Waals surface area contributed by atoms with Gasteiger partial charge in [0.15, 0.2) is 12.4 Å². The van der Waals surface area contributed by atoms with Gasteiger partial charge in [0.1, 0.15) is 5.75 Å². The van der Waals surface area contributed by atoms with Gasteiger partial charge in [0.25, 0.3) is 0 Å². The van der Waals surface area contributed by atoms with E-state index in [4.69, 9.17) is 14.5 Å². The molecule has 1 saturated carbocycles. The van der Waals surface area contributed by atoms with Crippen molar-refractivity contribution in [3.05, 3.63) is 101 Å². The highest BCUT2D eigenvalue weighted by Gasteiger charge is 2.60. The fourth-order valence-electron chi connectivity index (χ4n) is 7.09.